The predicted octanol–water partition coefficient (Wildman–Crippen LogP) is 0.432. The third kappa shape index (κ3) is 5.55. The van der Waals surface area contributed by atoms with Crippen molar-refractivity contribution in [2.75, 3.05) is 72.8 Å². The van der Waals surface area contributed by atoms with Gasteiger partial charge in [0.25, 0.3) is 0 Å². The number of benzene rings is 1. The zero-order valence-electron chi connectivity index (χ0n) is 18.1. The number of aliphatic imine (C=N–C) groups is 1. The van der Waals surface area contributed by atoms with Gasteiger partial charge < -0.3 is 19.7 Å². The second-order valence-electron chi connectivity index (χ2n) is 7.48. The Kier molecular flexibility index (Phi) is 7.79. The molecule has 1 aromatic carbocycles. The Balaban J connectivity index is 1.48. The Labute approximate surface area is 179 Å². The van der Waals surface area contributed by atoms with Gasteiger partial charge in [-0.1, -0.05) is 0 Å². The van der Waals surface area contributed by atoms with E-state index in [4.69, 9.17) is 9.47 Å². The van der Waals surface area contributed by atoms with Crippen LogP contribution in [0.25, 0.3) is 0 Å². The summed E-state index contributed by atoms with van der Waals surface area (Å²) >= 11 is 0. The molecule has 10 heteroatoms. The number of nitrogens with zero attached hydrogens (tertiary/aromatic N) is 4. The van der Waals surface area contributed by atoms with Gasteiger partial charge in [-0.05, 0) is 24.6 Å². The van der Waals surface area contributed by atoms with E-state index in [1.54, 1.807) is 25.6 Å². The van der Waals surface area contributed by atoms with Gasteiger partial charge in [0.05, 0.1) is 20.0 Å². The molecule has 2 aliphatic heterocycles. The molecule has 2 saturated heterocycles. The summed E-state index contributed by atoms with van der Waals surface area (Å²) in [4.78, 5) is 8.99. The van der Waals surface area contributed by atoms with Crippen LogP contribution in [-0.4, -0.2) is 101 Å². The van der Waals surface area contributed by atoms with E-state index in [2.05, 4.69) is 20.1 Å². The molecule has 0 unspecified atom stereocenters. The average molecular weight is 440 g/mol. The van der Waals surface area contributed by atoms with Crippen molar-refractivity contribution in [3.8, 4) is 11.5 Å². The van der Waals surface area contributed by atoms with Crippen LogP contribution in [0.3, 0.4) is 0 Å². The monoisotopic (exact) mass is 439 g/mol. The summed E-state index contributed by atoms with van der Waals surface area (Å²) in [5.41, 5.74) is 1.11. The van der Waals surface area contributed by atoms with Gasteiger partial charge in [-0.25, -0.2) is 12.7 Å². The van der Waals surface area contributed by atoms with Crippen molar-refractivity contribution < 1.29 is 17.9 Å². The van der Waals surface area contributed by atoms with E-state index in [0.717, 1.165) is 62.2 Å². The van der Waals surface area contributed by atoms with Crippen molar-refractivity contribution >= 4 is 16.0 Å². The van der Waals surface area contributed by atoms with Crippen LogP contribution in [-0.2, 0) is 16.6 Å². The van der Waals surface area contributed by atoms with E-state index >= 15 is 0 Å². The minimum Gasteiger partial charge on any atom is -0.497 e. The molecule has 0 radical (unpaired) electrons. The summed E-state index contributed by atoms with van der Waals surface area (Å²) in [6.07, 6.45) is 0.719. The highest BCUT2D eigenvalue weighted by Gasteiger charge is 2.28. The van der Waals surface area contributed by atoms with Crippen LogP contribution in [0.4, 0.5) is 0 Å². The summed E-state index contributed by atoms with van der Waals surface area (Å²) in [7, 11) is 2.07. The molecule has 1 aromatic rings. The topological polar surface area (TPSA) is 86.7 Å². The molecule has 30 heavy (non-hydrogen) atoms. The van der Waals surface area contributed by atoms with Crippen LogP contribution in [0.2, 0.25) is 0 Å². The molecule has 1 N–H and O–H groups in total. The van der Waals surface area contributed by atoms with E-state index in [-0.39, 0.29) is 5.75 Å². The molecular weight excluding hydrogens is 406 g/mol. The standard InChI is InChI=1S/C20H33N5O4S/c1-21-20(22-7-9-25-8-4-14-30(25,26)27)24-12-10-23(11-13-24)16-17-15-18(28-2)5-6-19(17)29-3/h5-6,15H,4,7-14,16H2,1-3H3,(H,21,22). The van der Waals surface area contributed by atoms with Gasteiger partial charge in [-0.15, -0.1) is 0 Å². The molecule has 0 aromatic heterocycles. The first-order valence-corrected chi connectivity index (χ1v) is 11.9. The first kappa shape index (κ1) is 22.6. The lowest BCUT2D eigenvalue weighted by molar-refractivity contribution is 0.171. The van der Waals surface area contributed by atoms with Crippen LogP contribution in [0.15, 0.2) is 23.2 Å². The molecule has 2 heterocycles. The smallest absolute Gasteiger partial charge is 0.214 e. The fourth-order valence-electron chi connectivity index (χ4n) is 3.93. The van der Waals surface area contributed by atoms with E-state index in [1.807, 2.05) is 18.2 Å². The maximum absolute atomic E-state index is 11.9. The molecule has 0 saturated carbocycles. The van der Waals surface area contributed by atoms with Crippen LogP contribution in [0, 0.1) is 0 Å². The molecule has 0 bridgehead atoms. The number of ether oxygens (including phenoxy) is 2. The third-order valence-electron chi connectivity index (χ3n) is 5.61. The lowest BCUT2D eigenvalue weighted by atomic mass is 10.1. The van der Waals surface area contributed by atoms with Crippen LogP contribution in [0.1, 0.15) is 12.0 Å². The van der Waals surface area contributed by atoms with E-state index < -0.39 is 10.0 Å². The van der Waals surface area contributed by atoms with Crippen molar-refractivity contribution in [2.24, 2.45) is 4.99 Å². The van der Waals surface area contributed by atoms with Crippen molar-refractivity contribution in [3.05, 3.63) is 23.8 Å². The number of piperazine rings is 1. The Hall–Kier alpha value is -2.04. The summed E-state index contributed by atoms with van der Waals surface area (Å²) in [6, 6.07) is 5.87. The van der Waals surface area contributed by atoms with Gasteiger partial charge in [-0.3, -0.25) is 9.89 Å². The second-order valence-corrected chi connectivity index (χ2v) is 9.57. The van der Waals surface area contributed by atoms with Crippen LogP contribution in [0.5, 0.6) is 11.5 Å². The van der Waals surface area contributed by atoms with Gasteiger partial charge in [0, 0.05) is 65.0 Å². The third-order valence-corrected chi connectivity index (χ3v) is 7.57. The molecule has 0 amide bonds. The summed E-state index contributed by atoms with van der Waals surface area (Å²) < 4.78 is 36.2. The molecule has 168 valence electrons. The van der Waals surface area contributed by atoms with E-state index in [9.17, 15) is 8.42 Å². The number of rotatable bonds is 7. The highest BCUT2D eigenvalue weighted by molar-refractivity contribution is 7.89. The van der Waals surface area contributed by atoms with E-state index in [1.165, 1.54) is 0 Å². The first-order chi connectivity index (χ1) is 14.5. The molecule has 2 fully saturated rings. The van der Waals surface area contributed by atoms with Crippen molar-refractivity contribution in [1.82, 2.24) is 19.4 Å². The van der Waals surface area contributed by atoms with Gasteiger partial charge in [0.2, 0.25) is 10.0 Å². The molecule has 3 rings (SSSR count). The number of hydrogen-bond donors (Lipinski definition) is 1. The number of sulfonamides is 1. The Morgan fingerprint density at radius 2 is 1.90 bits per heavy atom. The number of guanidine groups is 1. The van der Waals surface area contributed by atoms with Gasteiger partial charge >= 0.3 is 0 Å². The lowest BCUT2D eigenvalue weighted by Crippen LogP contribution is -2.53. The van der Waals surface area contributed by atoms with Gasteiger partial charge in [0.1, 0.15) is 11.5 Å². The Morgan fingerprint density at radius 1 is 1.13 bits per heavy atom. The average Bonchev–Trinajstić information content (AvgIpc) is 3.10. The summed E-state index contributed by atoms with van der Waals surface area (Å²) in [5.74, 6) is 2.79. The van der Waals surface area contributed by atoms with E-state index in [0.29, 0.717) is 19.6 Å². The van der Waals surface area contributed by atoms with Crippen molar-refractivity contribution in [2.45, 2.75) is 13.0 Å². The fraction of sp³-hybridized carbons (Fsp3) is 0.650. The van der Waals surface area contributed by atoms with Crippen LogP contribution >= 0.6 is 0 Å². The maximum Gasteiger partial charge on any atom is 0.214 e. The zero-order chi connectivity index (χ0) is 21.6. The SMILES string of the molecule is CN=C(NCCN1CCCS1(=O)=O)N1CCN(Cc2cc(OC)ccc2OC)CC1. The Bertz CT molecular complexity index is 838. The number of hydrogen-bond acceptors (Lipinski definition) is 6. The highest BCUT2D eigenvalue weighted by atomic mass is 32.2. The van der Waals surface area contributed by atoms with Gasteiger partial charge in [-0.2, -0.15) is 0 Å². The molecule has 0 atom stereocenters. The summed E-state index contributed by atoms with van der Waals surface area (Å²) in [5, 5.41) is 3.32. The van der Waals surface area contributed by atoms with Crippen LogP contribution < -0.4 is 14.8 Å². The minimum atomic E-state index is -3.05. The molecule has 2 aliphatic rings. The second kappa shape index (κ2) is 10.3. The lowest BCUT2D eigenvalue weighted by Gasteiger charge is -2.36. The van der Waals surface area contributed by atoms with Crippen molar-refractivity contribution in [1.29, 1.82) is 0 Å². The maximum atomic E-state index is 11.9. The quantitative estimate of drug-likeness (QED) is 0.487. The summed E-state index contributed by atoms with van der Waals surface area (Å²) in [6.45, 7) is 5.98. The number of nitrogens with one attached hydrogen (secondary N) is 1. The minimum absolute atomic E-state index is 0.266. The molecular formula is C20H33N5O4S. The normalized spacial score (nSPS) is 20.4. The zero-order valence-corrected chi connectivity index (χ0v) is 18.9. The largest absolute Gasteiger partial charge is 0.497 e. The molecule has 9 nitrogen and oxygen atoms in total. The number of methoxy groups -OCH3 is 2. The fourth-order valence-corrected chi connectivity index (χ4v) is 5.46. The molecule has 0 spiro atoms. The Morgan fingerprint density at radius 3 is 2.50 bits per heavy atom. The first-order valence-electron chi connectivity index (χ1n) is 10.3. The van der Waals surface area contributed by atoms with Crippen molar-refractivity contribution in [3.63, 3.8) is 0 Å². The van der Waals surface area contributed by atoms with Gasteiger partial charge in [0.15, 0.2) is 5.96 Å². The predicted molar refractivity (Wildman–Crippen MR) is 118 cm³/mol. The molecule has 0 aliphatic carbocycles. The highest BCUT2D eigenvalue weighted by Crippen LogP contribution is 2.25.